The largest absolute Gasteiger partial charge is 0.497 e. The Morgan fingerprint density at radius 2 is 2.41 bits per heavy atom. The number of carbonyl (C=O) groups excluding carboxylic acids is 1. The van der Waals surface area contributed by atoms with E-state index in [-0.39, 0.29) is 5.91 Å². The molecular formula is C17H22N2O3. The maximum atomic E-state index is 12.2. The number of hydrogen-bond acceptors (Lipinski definition) is 4. The Balaban J connectivity index is 1.58. The van der Waals surface area contributed by atoms with Crippen LogP contribution < -0.4 is 20.1 Å². The highest BCUT2D eigenvalue weighted by Crippen LogP contribution is 2.29. The highest BCUT2D eigenvalue weighted by atomic mass is 16.5. The molecule has 0 saturated carbocycles. The van der Waals surface area contributed by atoms with Crippen LogP contribution in [0.3, 0.4) is 0 Å². The van der Waals surface area contributed by atoms with Gasteiger partial charge in [0.1, 0.15) is 18.1 Å². The summed E-state index contributed by atoms with van der Waals surface area (Å²) in [6.07, 6.45) is 4.11. The van der Waals surface area contributed by atoms with Gasteiger partial charge in [-0.15, -0.1) is 0 Å². The highest BCUT2D eigenvalue weighted by Gasteiger charge is 2.19. The lowest BCUT2D eigenvalue weighted by molar-refractivity contribution is -0.117. The van der Waals surface area contributed by atoms with E-state index in [9.17, 15) is 4.79 Å². The molecule has 1 unspecified atom stereocenters. The molecule has 0 spiro atoms. The molecular weight excluding hydrogens is 280 g/mol. The molecule has 1 saturated heterocycles. The second kappa shape index (κ2) is 6.83. The Bertz CT molecular complexity index is 577. The first-order chi connectivity index (χ1) is 10.8. The van der Waals surface area contributed by atoms with Gasteiger partial charge in [0.2, 0.25) is 0 Å². The first-order valence-corrected chi connectivity index (χ1v) is 7.76. The van der Waals surface area contributed by atoms with Gasteiger partial charge < -0.3 is 20.1 Å². The van der Waals surface area contributed by atoms with E-state index in [1.165, 1.54) is 6.42 Å². The summed E-state index contributed by atoms with van der Waals surface area (Å²) in [5, 5.41) is 6.33. The Morgan fingerprint density at radius 1 is 1.50 bits per heavy atom. The monoisotopic (exact) mass is 302 g/mol. The average molecular weight is 302 g/mol. The number of rotatable bonds is 5. The van der Waals surface area contributed by atoms with Crippen molar-refractivity contribution < 1.29 is 14.3 Å². The normalized spacial score (nSPS) is 19.9. The van der Waals surface area contributed by atoms with Crippen LogP contribution in [0, 0.1) is 5.92 Å². The third kappa shape index (κ3) is 3.42. The van der Waals surface area contributed by atoms with Crippen molar-refractivity contribution in [1.29, 1.82) is 0 Å². The van der Waals surface area contributed by atoms with Crippen molar-refractivity contribution in [2.45, 2.75) is 12.8 Å². The second-order valence-corrected chi connectivity index (χ2v) is 5.77. The summed E-state index contributed by atoms with van der Waals surface area (Å²) in [5.74, 6) is 2.18. The van der Waals surface area contributed by atoms with Crippen LogP contribution in [-0.4, -0.2) is 39.3 Å². The third-order valence-electron chi connectivity index (χ3n) is 4.22. The number of benzene rings is 1. The summed E-state index contributed by atoms with van der Waals surface area (Å²) in [4.78, 5) is 12.2. The third-order valence-corrected chi connectivity index (χ3v) is 4.22. The zero-order valence-electron chi connectivity index (χ0n) is 12.9. The lowest BCUT2D eigenvalue weighted by Crippen LogP contribution is -2.30. The molecule has 0 radical (unpaired) electrons. The van der Waals surface area contributed by atoms with E-state index < -0.39 is 0 Å². The van der Waals surface area contributed by atoms with E-state index in [4.69, 9.17) is 9.47 Å². The van der Waals surface area contributed by atoms with E-state index in [0.29, 0.717) is 24.6 Å². The molecule has 1 aromatic carbocycles. The van der Waals surface area contributed by atoms with Gasteiger partial charge in [0, 0.05) is 12.1 Å². The van der Waals surface area contributed by atoms with Crippen LogP contribution in [0.2, 0.25) is 0 Å². The highest BCUT2D eigenvalue weighted by molar-refractivity contribution is 5.99. The molecule has 3 rings (SSSR count). The van der Waals surface area contributed by atoms with Gasteiger partial charge in [0.15, 0.2) is 0 Å². The maximum absolute atomic E-state index is 12.2. The van der Waals surface area contributed by atoms with Crippen LogP contribution in [0.15, 0.2) is 23.8 Å². The molecule has 2 aliphatic rings. The Morgan fingerprint density at radius 3 is 3.18 bits per heavy atom. The molecule has 118 valence electrons. The van der Waals surface area contributed by atoms with Gasteiger partial charge in [-0.2, -0.15) is 0 Å². The smallest absolute Gasteiger partial charge is 0.250 e. The maximum Gasteiger partial charge on any atom is 0.250 e. The van der Waals surface area contributed by atoms with Crippen molar-refractivity contribution in [3.8, 4) is 11.5 Å². The molecule has 1 amide bonds. The summed E-state index contributed by atoms with van der Waals surface area (Å²) < 4.78 is 10.8. The standard InChI is InChI=1S/C17H22N2O3/c1-21-15-2-3-16-13(9-15)8-14(11-22-16)17(20)19-7-5-12-4-6-18-10-12/h2-3,8-9,12,18H,4-7,10-11H2,1H3,(H,19,20). The molecule has 2 N–H and O–H groups in total. The minimum absolute atomic E-state index is 0.0422. The molecule has 1 fully saturated rings. The minimum Gasteiger partial charge on any atom is -0.497 e. The summed E-state index contributed by atoms with van der Waals surface area (Å²) >= 11 is 0. The number of fused-ring (bicyclic) bond motifs is 1. The van der Waals surface area contributed by atoms with Gasteiger partial charge in [0.05, 0.1) is 12.7 Å². The molecule has 5 heteroatoms. The average Bonchev–Trinajstić information content (AvgIpc) is 3.07. The van der Waals surface area contributed by atoms with Crippen LogP contribution in [-0.2, 0) is 4.79 Å². The molecule has 1 atom stereocenters. The fourth-order valence-corrected chi connectivity index (χ4v) is 2.88. The van der Waals surface area contributed by atoms with Crippen LogP contribution in [0.25, 0.3) is 6.08 Å². The number of carbonyl (C=O) groups is 1. The van der Waals surface area contributed by atoms with Crippen LogP contribution in [0.4, 0.5) is 0 Å². The van der Waals surface area contributed by atoms with Crippen LogP contribution >= 0.6 is 0 Å². The van der Waals surface area contributed by atoms with Crippen molar-refractivity contribution in [3.05, 3.63) is 29.3 Å². The van der Waals surface area contributed by atoms with Crippen molar-refractivity contribution in [3.63, 3.8) is 0 Å². The van der Waals surface area contributed by atoms with Crippen molar-refractivity contribution in [1.82, 2.24) is 10.6 Å². The number of methoxy groups -OCH3 is 1. The van der Waals surface area contributed by atoms with Gasteiger partial charge in [0.25, 0.3) is 5.91 Å². The molecule has 0 bridgehead atoms. The first-order valence-electron chi connectivity index (χ1n) is 7.76. The Kier molecular flexibility index (Phi) is 4.63. The number of ether oxygens (including phenoxy) is 2. The lowest BCUT2D eigenvalue weighted by Gasteiger charge is -2.18. The fourth-order valence-electron chi connectivity index (χ4n) is 2.88. The summed E-state index contributed by atoms with van der Waals surface area (Å²) in [6.45, 7) is 3.19. The van der Waals surface area contributed by atoms with Crippen LogP contribution in [0.1, 0.15) is 18.4 Å². The Hall–Kier alpha value is -2.01. The second-order valence-electron chi connectivity index (χ2n) is 5.77. The molecule has 0 aliphatic carbocycles. The zero-order chi connectivity index (χ0) is 15.4. The van der Waals surface area contributed by atoms with Crippen molar-refractivity contribution in [2.24, 2.45) is 5.92 Å². The van der Waals surface area contributed by atoms with Gasteiger partial charge in [-0.3, -0.25) is 4.79 Å². The van der Waals surface area contributed by atoms with E-state index >= 15 is 0 Å². The predicted molar refractivity (Wildman–Crippen MR) is 85.1 cm³/mol. The van der Waals surface area contributed by atoms with E-state index in [1.807, 2.05) is 24.3 Å². The van der Waals surface area contributed by atoms with Crippen molar-refractivity contribution in [2.75, 3.05) is 33.4 Å². The van der Waals surface area contributed by atoms with Gasteiger partial charge >= 0.3 is 0 Å². The lowest BCUT2D eigenvalue weighted by atomic mass is 10.0. The number of amides is 1. The zero-order valence-corrected chi connectivity index (χ0v) is 12.9. The van der Waals surface area contributed by atoms with Gasteiger partial charge in [-0.1, -0.05) is 0 Å². The van der Waals surface area contributed by atoms with Crippen molar-refractivity contribution >= 4 is 12.0 Å². The Labute approximate surface area is 130 Å². The molecule has 0 aromatic heterocycles. The van der Waals surface area contributed by atoms with Gasteiger partial charge in [-0.25, -0.2) is 0 Å². The topological polar surface area (TPSA) is 59.6 Å². The fraction of sp³-hybridized carbons (Fsp3) is 0.471. The molecule has 2 heterocycles. The van der Waals surface area contributed by atoms with E-state index in [0.717, 1.165) is 36.6 Å². The summed E-state index contributed by atoms with van der Waals surface area (Å²) in [7, 11) is 1.63. The number of hydrogen-bond donors (Lipinski definition) is 2. The molecule has 22 heavy (non-hydrogen) atoms. The quantitative estimate of drug-likeness (QED) is 0.867. The minimum atomic E-state index is -0.0422. The number of nitrogens with one attached hydrogen (secondary N) is 2. The SMILES string of the molecule is COc1ccc2c(c1)C=C(C(=O)NCCC1CCNC1)CO2. The first kappa shape index (κ1) is 14.9. The van der Waals surface area contributed by atoms with Gasteiger partial charge in [-0.05, 0) is 56.1 Å². The summed E-state index contributed by atoms with van der Waals surface area (Å²) in [6, 6.07) is 5.60. The molecule has 5 nitrogen and oxygen atoms in total. The van der Waals surface area contributed by atoms with E-state index in [2.05, 4.69) is 10.6 Å². The molecule has 1 aromatic rings. The molecule has 2 aliphatic heterocycles. The van der Waals surface area contributed by atoms with Crippen LogP contribution in [0.5, 0.6) is 11.5 Å². The van der Waals surface area contributed by atoms with E-state index in [1.54, 1.807) is 7.11 Å². The summed E-state index contributed by atoms with van der Waals surface area (Å²) in [5.41, 5.74) is 1.54. The predicted octanol–water partition coefficient (Wildman–Crippen LogP) is 1.59.